The minimum Gasteiger partial charge on any atom is -0.489 e. The van der Waals surface area contributed by atoms with E-state index < -0.39 is 0 Å². The van der Waals surface area contributed by atoms with Crippen LogP contribution in [-0.2, 0) is 4.79 Å². The van der Waals surface area contributed by atoms with Crippen LogP contribution in [0.2, 0.25) is 0 Å². The third kappa shape index (κ3) is 6.88. The van der Waals surface area contributed by atoms with Crippen molar-refractivity contribution in [3.05, 3.63) is 61.1 Å². The van der Waals surface area contributed by atoms with Gasteiger partial charge in [0.15, 0.2) is 0 Å². The predicted octanol–water partition coefficient (Wildman–Crippen LogP) is 5.06. The molecule has 0 fully saturated rings. The van der Waals surface area contributed by atoms with Gasteiger partial charge in [-0.1, -0.05) is 38.7 Å². The first kappa shape index (κ1) is 22.4. The molecule has 0 saturated heterocycles. The molecule has 162 valence electrons. The first-order valence-corrected chi connectivity index (χ1v) is 11.0. The van der Waals surface area contributed by atoms with Crippen LogP contribution in [0, 0.1) is 0 Å². The van der Waals surface area contributed by atoms with Crippen molar-refractivity contribution in [2.45, 2.75) is 45.4 Å². The summed E-state index contributed by atoms with van der Waals surface area (Å²) in [6.07, 6.45) is 11.5. The number of hydrogen-bond donors (Lipinski definition) is 1. The van der Waals surface area contributed by atoms with Gasteiger partial charge < -0.3 is 10.1 Å². The molecule has 6 nitrogen and oxygen atoms in total. The van der Waals surface area contributed by atoms with E-state index in [0.29, 0.717) is 36.7 Å². The predicted molar refractivity (Wildman–Crippen MR) is 123 cm³/mol. The third-order valence-electron chi connectivity index (χ3n) is 4.93. The molecule has 0 aliphatic heterocycles. The maximum atomic E-state index is 12.0. The molecule has 3 rings (SSSR count). The van der Waals surface area contributed by atoms with E-state index in [0.717, 1.165) is 24.1 Å². The summed E-state index contributed by atoms with van der Waals surface area (Å²) in [4.78, 5) is 25.5. The van der Waals surface area contributed by atoms with Crippen LogP contribution in [0.3, 0.4) is 0 Å². The van der Waals surface area contributed by atoms with Crippen LogP contribution in [0.4, 0.5) is 0 Å². The molecule has 3 heterocycles. The highest BCUT2D eigenvalue weighted by atomic mass is 16.5. The summed E-state index contributed by atoms with van der Waals surface area (Å²) in [5.41, 5.74) is 3.09. The van der Waals surface area contributed by atoms with Gasteiger partial charge in [0.05, 0.1) is 12.2 Å². The van der Waals surface area contributed by atoms with Crippen molar-refractivity contribution < 1.29 is 9.53 Å². The lowest BCUT2D eigenvalue weighted by molar-refractivity contribution is -0.121. The van der Waals surface area contributed by atoms with E-state index in [1.165, 1.54) is 19.3 Å². The second-order valence-electron chi connectivity index (χ2n) is 7.33. The third-order valence-corrected chi connectivity index (χ3v) is 4.93. The number of nitrogens with zero attached hydrogens (tertiary/aromatic N) is 3. The van der Waals surface area contributed by atoms with Crippen LogP contribution >= 0.6 is 0 Å². The van der Waals surface area contributed by atoms with E-state index in [2.05, 4.69) is 27.2 Å². The minimum atomic E-state index is 0.0775. The molecule has 6 heteroatoms. The van der Waals surface area contributed by atoms with E-state index in [4.69, 9.17) is 4.74 Å². The smallest absolute Gasteiger partial charge is 0.220 e. The molecule has 0 radical (unpaired) electrons. The summed E-state index contributed by atoms with van der Waals surface area (Å²) in [6, 6.07) is 13.3. The van der Waals surface area contributed by atoms with Crippen LogP contribution in [-0.4, -0.2) is 34.0 Å². The Labute approximate surface area is 184 Å². The van der Waals surface area contributed by atoms with Crippen molar-refractivity contribution in [1.29, 1.82) is 0 Å². The zero-order valence-corrected chi connectivity index (χ0v) is 18.1. The number of amides is 1. The Hall–Kier alpha value is -3.28. The van der Waals surface area contributed by atoms with Crippen LogP contribution in [0.25, 0.3) is 22.6 Å². The lowest BCUT2D eigenvalue weighted by Crippen LogP contribution is -2.27. The Morgan fingerprint density at radius 3 is 2.45 bits per heavy atom. The topological polar surface area (TPSA) is 77.0 Å². The van der Waals surface area contributed by atoms with Gasteiger partial charge in [0, 0.05) is 30.6 Å². The Bertz CT molecular complexity index is 947. The highest BCUT2D eigenvalue weighted by Crippen LogP contribution is 2.33. The summed E-state index contributed by atoms with van der Waals surface area (Å²) in [7, 11) is 0. The number of rotatable bonds is 12. The Balaban J connectivity index is 1.58. The molecular weight excluding hydrogens is 388 g/mol. The summed E-state index contributed by atoms with van der Waals surface area (Å²) in [6.45, 7) is 3.01. The normalized spacial score (nSPS) is 10.6. The summed E-state index contributed by atoms with van der Waals surface area (Å²) < 4.78 is 5.95. The van der Waals surface area contributed by atoms with Gasteiger partial charge in [0.2, 0.25) is 5.91 Å². The fraction of sp³-hybridized carbons (Fsp3) is 0.360. The van der Waals surface area contributed by atoms with E-state index in [1.807, 2.05) is 42.5 Å². The second-order valence-corrected chi connectivity index (χ2v) is 7.33. The highest BCUT2D eigenvalue weighted by Gasteiger charge is 2.15. The maximum absolute atomic E-state index is 12.0. The zero-order valence-electron chi connectivity index (χ0n) is 18.1. The lowest BCUT2D eigenvalue weighted by Gasteiger charge is -2.13. The highest BCUT2D eigenvalue weighted by molar-refractivity contribution is 5.79. The molecule has 3 aromatic rings. The minimum absolute atomic E-state index is 0.0775. The van der Waals surface area contributed by atoms with Crippen molar-refractivity contribution in [3.8, 4) is 28.4 Å². The van der Waals surface area contributed by atoms with Gasteiger partial charge >= 0.3 is 0 Å². The van der Waals surface area contributed by atoms with Crippen LogP contribution in [0.15, 0.2) is 61.1 Å². The number of aromatic nitrogens is 3. The average Bonchev–Trinajstić information content (AvgIpc) is 2.82. The lowest BCUT2D eigenvalue weighted by atomic mass is 10.1. The van der Waals surface area contributed by atoms with Crippen molar-refractivity contribution >= 4 is 5.91 Å². The van der Waals surface area contributed by atoms with Crippen molar-refractivity contribution in [3.63, 3.8) is 0 Å². The number of ether oxygens (including phenoxy) is 1. The summed E-state index contributed by atoms with van der Waals surface area (Å²) in [5, 5.41) is 2.93. The molecule has 31 heavy (non-hydrogen) atoms. The van der Waals surface area contributed by atoms with Gasteiger partial charge in [-0.25, -0.2) is 0 Å². The van der Waals surface area contributed by atoms with Gasteiger partial charge in [0.25, 0.3) is 0 Å². The number of carbonyl (C=O) groups excluding carboxylic acids is 1. The van der Waals surface area contributed by atoms with E-state index in [-0.39, 0.29) is 5.91 Å². The molecule has 3 aromatic heterocycles. The van der Waals surface area contributed by atoms with E-state index in [9.17, 15) is 4.79 Å². The molecule has 0 unspecified atom stereocenters. The van der Waals surface area contributed by atoms with Gasteiger partial charge in [0.1, 0.15) is 23.7 Å². The molecule has 0 saturated carbocycles. The number of carbonyl (C=O) groups is 1. The molecule has 0 bridgehead atoms. The average molecular weight is 419 g/mol. The van der Waals surface area contributed by atoms with Gasteiger partial charge in [-0.3, -0.25) is 19.7 Å². The fourth-order valence-corrected chi connectivity index (χ4v) is 3.34. The molecule has 0 aromatic carbocycles. The van der Waals surface area contributed by atoms with E-state index in [1.54, 1.807) is 18.6 Å². The Morgan fingerprint density at radius 2 is 1.65 bits per heavy atom. The zero-order chi connectivity index (χ0) is 21.7. The molecule has 0 spiro atoms. The molecule has 0 aliphatic rings. The number of unbranched alkanes of at least 4 members (excludes halogenated alkanes) is 4. The SMILES string of the molecule is CCCCCCCC(=O)NCCOc1cccnc1-c1ncccc1-c1ccccn1. The van der Waals surface area contributed by atoms with Gasteiger partial charge in [-0.05, 0) is 42.8 Å². The maximum Gasteiger partial charge on any atom is 0.220 e. The van der Waals surface area contributed by atoms with Crippen LogP contribution in [0.5, 0.6) is 5.75 Å². The van der Waals surface area contributed by atoms with Gasteiger partial charge in [-0.15, -0.1) is 0 Å². The second kappa shape index (κ2) is 12.4. The number of hydrogen-bond acceptors (Lipinski definition) is 5. The van der Waals surface area contributed by atoms with Crippen LogP contribution in [0.1, 0.15) is 45.4 Å². The Kier molecular flexibility index (Phi) is 8.98. The van der Waals surface area contributed by atoms with Crippen molar-refractivity contribution in [2.75, 3.05) is 13.2 Å². The molecule has 1 amide bonds. The monoisotopic (exact) mass is 418 g/mol. The Morgan fingerprint density at radius 1 is 0.871 bits per heavy atom. The van der Waals surface area contributed by atoms with Crippen LogP contribution < -0.4 is 10.1 Å². The molecular formula is C25H30N4O2. The van der Waals surface area contributed by atoms with Crippen molar-refractivity contribution in [1.82, 2.24) is 20.3 Å². The number of nitrogens with one attached hydrogen (secondary N) is 1. The fourth-order valence-electron chi connectivity index (χ4n) is 3.34. The largest absolute Gasteiger partial charge is 0.489 e. The molecule has 0 aliphatic carbocycles. The van der Waals surface area contributed by atoms with Gasteiger partial charge in [-0.2, -0.15) is 0 Å². The standard InChI is InChI=1S/C25H30N4O2/c1-2-3-4-5-6-14-23(30)27-18-19-31-22-13-10-17-29-25(22)24-20(11-9-16-28-24)21-12-7-8-15-26-21/h7-13,15-17H,2-6,14,18-19H2,1H3,(H,27,30). The summed E-state index contributed by atoms with van der Waals surface area (Å²) in [5.74, 6) is 0.709. The molecule has 1 N–H and O–H groups in total. The summed E-state index contributed by atoms with van der Waals surface area (Å²) >= 11 is 0. The first-order chi connectivity index (χ1) is 15.3. The first-order valence-electron chi connectivity index (χ1n) is 11.0. The molecule has 0 atom stereocenters. The van der Waals surface area contributed by atoms with E-state index >= 15 is 0 Å². The number of pyridine rings is 3. The quantitative estimate of drug-likeness (QED) is 0.416. The van der Waals surface area contributed by atoms with Crippen molar-refractivity contribution in [2.24, 2.45) is 0 Å².